The molecule has 0 spiro atoms. The van der Waals surface area contributed by atoms with Crippen LogP contribution in [0.5, 0.6) is 0 Å². The summed E-state index contributed by atoms with van der Waals surface area (Å²) in [5, 5.41) is 19.3. The van der Waals surface area contributed by atoms with Gasteiger partial charge in [-0.2, -0.15) is 5.11 Å². The van der Waals surface area contributed by atoms with Crippen molar-refractivity contribution in [3.8, 4) is 0 Å². The van der Waals surface area contributed by atoms with E-state index in [1.807, 2.05) is 0 Å². The topological polar surface area (TPSA) is 74.4 Å². The Morgan fingerprint density at radius 1 is 1.38 bits per heavy atom. The molecule has 72 valence electrons. The summed E-state index contributed by atoms with van der Waals surface area (Å²) >= 11 is 0. The molecular weight excluding hydrogens is 170 g/mol. The van der Waals surface area contributed by atoms with E-state index in [2.05, 4.69) is 15.4 Å². The number of nitrogens with zero attached hydrogens (tertiary/aromatic N) is 3. The lowest BCUT2D eigenvalue weighted by Gasteiger charge is -2.00. The third-order valence-electron chi connectivity index (χ3n) is 1.88. The van der Waals surface area contributed by atoms with E-state index in [1.54, 1.807) is 6.21 Å². The second-order valence-corrected chi connectivity index (χ2v) is 3.03. The van der Waals surface area contributed by atoms with Gasteiger partial charge < -0.3 is 5.11 Å². The van der Waals surface area contributed by atoms with Crippen LogP contribution in [0.25, 0.3) is 0 Å². The van der Waals surface area contributed by atoms with E-state index in [4.69, 9.17) is 5.11 Å². The van der Waals surface area contributed by atoms with Crippen molar-refractivity contribution in [1.82, 2.24) is 0 Å². The standard InChI is InChI=1S/C8H13N3O2/c12-8(13)5-3-1-2-4-7-6-9-11-10-7/h6-7H,1-5H2,(H,12,13). The molecule has 0 saturated carbocycles. The summed E-state index contributed by atoms with van der Waals surface area (Å²) in [5.74, 6) is -0.720. The summed E-state index contributed by atoms with van der Waals surface area (Å²) in [6.07, 6.45) is 5.58. The molecule has 0 saturated heterocycles. The summed E-state index contributed by atoms with van der Waals surface area (Å²) in [6, 6.07) is 0.129. The van der Waals surface area contributed by atoms with Gasteiger partial charge in [0, 0.05) is 6.42 Å². The van der Waals surface area contributed by atoms with Crippen molar-refractivity contribution in [1.29, 1.82) is 0 Å². The van der Waals surface area contributed by atoms with Gasteiger partial charge in [-0.25, -0.2) is 0 Å². The first-order valence-corrected chi connectivity index (χ1v) is 4.44. The molecule has 1 N–H and O–H groups in total. The molecule has 0 aromatic heterocycles. The van der Waals surface area contributed by atoms with E-state index < -0.39 is 5.97 Å². The Balaban J connectivity index is 1.92. The van der Waals surface area contributed by atoms with Gasteiger partial charge in [-0.05, 0) is 18.1 Å². The molecule has 5 nitrogen and oxygen atoms in total. The highest BCUT2D eigenvalue weighted by molar-refractivity contribution is 5.66. The predicted molar refractivity (Wildman–Crippen MR) is 47.9 cm³/mol. The molecule has 1 atom stereocenters. The SMILES string of the molecule is O=C(O)CCCCCC1C=NN=N1. The van der Waals surface area contributed by atoms with Crippen LogP contribution in [0.4, 0.5) is 0 Å². The molecular formula is C8H13N3O2. The van der Waals surface area contributed by atoms with Crippen molar-refractivity contribution in [2.45, 2.75) is 38.1 Å². The number of rotatable bonds is 6. The second kappa shape index (κ2) is 5.40. The van der Waals surface area contributed by atoms with Gasteiger partial charge in [0.1, 0.15) is 6.04 Å². The minimum absolute atomic E-state index is 0.129. The molecule has 1 rings (SSSR count). The summed E-state index contributed by atoms with van der Waals surface area (Å²) in [5.41, 5.74) is 0. The van der Waals surface area contributed by atoms with Gasteiger partial charge in [0.2, 0.25) is 0 Å². The van der Waals surface area contributed by atoms with Crippen molar-refractivity contribution in [3.63, 3.8) is 0 Å². The molecule has 13 heavy (non-hydrogen) atoms. The highest BCUT2D eigenvalue weighted by Gasteiger charge is 2.06. The monoisotopic (exact) mass is 183 g/mol. The Morgan fingerprint density at radius 2 is 2.23 bits per heavy atom. The average Bonchev–Trinajstić information content (AvgIpc) is 2.55. The molecule has 0 aromatic carbocycles. The number of hydrogen-bond acceptors (Lipinski definition) is 4. The smallest absolute Gasteiger partial charge is 0.303 e. The fraction of sp³-hybridized carbons (Fsp3) is 0.750. The zero-order valence-electron chi connectivity index (χ0n) is 7.39. The fourth-order valence-corrected chi connectivity index (χ4v) is 1.17. The lowest BCUT2D eigenvalue weighted by atomic mass is 10.1. The zero-order chi connectivity index (χ0) is 9.52. The van der Waals surface area contributed by atoms with Crippen molar-refractivity contribution in [3.05, 3.63) is 0 Å². The molecule has 0 aliphatic carbocycles. The molecule has 0 bridgehead atoms. The number of carboxylic acids is 1. The van der Waals surface area contributed by atoms with Crippen molar-refractivity contribution >= 4 is 12.2 Å². The Labute approximate surface area is 76.6 Å². The number of aliphatic carboxylic acids is 1. The van der Waals surface area contributed by atoms with Crippen LogP contribution in [0.1, 0.15) is 32.1 Å². The van der Waals surface area contributed by atoms with Crippen LogP contribution in [0, 0.1) is 0 Å². The highest BCUT2D eigenvalue weighted by atomic mass is 16.4. The molecule has 0 aromatic rings. The Hall–Kier alpha value is -1.26. The quantitative estimate of drug-likeness (QED) is 0.638. The van der Waals surface area contributed by atoms with Gasteiger partial charge >= 0.3 is 5.97 Å². The van der Waals surface area contributed by atoms with E-state index in [0.29, 0.717) is 0 Å². The normalized spacial score (nSPS) is 19.5. The van der Waals surface area contributed by atoms with E-state index >= 15 is 0 Å². The predicted octanol–water partition coefficient (Wildman–Crippen LogP) is 1.84. The van der Waals surface area contributed by atoms with Crippen LogP contribution in [-0.4, -0.2) is 23.3 Å². The Morgan fingerprint density at radius 3 is 2.85 bits per heavy atom. The maximum absolute atomic E-state index is 10.2. The van der Waals surface area contributed by atoms with Gasteiger partial charge in [0.25, 0.3) is 0 Å². The van der Waals surface area contributed by atoms with Crippen LogP contribution < -0.4 is 0 Å². The first-order valence-electron chi connectivity index (χ1n) is 4.44. The fourth-order valence-electron chi connectivity index (χ4n) is 1.17. The van der Waals surface area contributed by atoms with E-state index in [0.717, 1.165) is 25.7 Å². The first kappa shape index (κ1) is 9.83. The zero-order valence-corrected chi connectivity index (χ0v) is 7.39. The number of carboxylic acid groups (broad SMARTS) is 1. The van der Waals surface area contributed by atoms with E-state index in [1.165, 1.54) is 0 Å². The van der Waals surface area contributed by atoms with Gasteiger partial charge in [-0.15, -0.1) is 5.10 Å². The Bertz CT molecular complexity index is 213. The van der Waals surface area contributed by atoms with Crippen LogP contribution in [0.2, 0.25) is 0 Å². The largest absolute Gasteiger partial charge is 0.481 e. The highest BCUT2D eigenvalue weighted by Crippen LogP contribution is 2.10. The summed E-state index contributed by atoms with van der Waals surface area (Å²) in [7, 11) is 0. The number of unbranched alkanes of at least 4 members (excludes halogenated alkanes) is 2. The van der Waals surface area contributed by atoms with Crippen molar-refractivity contribution in [2.24, 2.45) is 15.4 Å². The summed E-state index contributed by atoms with van der Waals surface area (Å²) < 4.78 is 0. The summed E-state index contributed by atoms with van der Waals surface area (Å²) in [4.78, 5) is 10.2. The van der Waals surface area contributed by atoms with E-state index in [-0.39, 0.29) is 12.5 Å². The molecule has 0 fully saturated rings. The van der Waals surface area contributed by atoms with Crippen molar-refractivity contribution < 1.29 is 9.90 Å². The van der Waals surface area contributed by atoms with Crippen LogP contribution in [0.15, 0.2) is 15.4 Å². The van der Waals surface area contributed by atoms with Gasteiger partial charge in [0.15, 0.2) is 0 Å². The third kappa shape index (κ3) is 4.35. The van der Waals surface area contributed by atoms with Crippen LogP contribution in [0.3, 0.4) is 0 Å². The molecule has 0 amide bonds. The lowest BCUT2D eigenvalue weighted by Crippen LogP contribution is -2.02. The molecule has 1 aliphatic heterocycles. The maximum atomic E-state index is 10.2. The Kier molecular flexibility index (Phi) is 4.08. The molecule has 0 radical (unpaired) electrons. The van der Waals surface area contributed by atoms with Crippen LogP contribution >= 0.6 is 0 Å². The van der Waals surface area contributed by atoms with Crippen LogP contribution in [-0.2, 0) is 4.79 Å². The molecule has 1 aliphatic rings. The van der Waals surface area contributed by atoms with Gasteiger partial charge in [-0.3, -0.25) is 4.79 Å². The third-order valence-corrected chi connectivity index (χ3v) is 1.88. The lowest BCUT2D eigenvalue weighted by molar-refractivity contribution is -0.137. The maximum Gasteiger partial charge on any atom is 0.303 e. The van der Waals surface area contributed by atoms with Gasteiger partial charge in [0.05, 0.1) is 6.21 Å². The van der Waals surface area contributed by atoms with Crippen molar-refractivity contribution in [2.75, 3.05) is 0 Å². The molecule has 1 unspecified atom stereocenters. The minimum atomic E-state index is -0.720. The van der Waals surface area contributed by atoms with E-state index in [9.17, 15) is 4.79 Å². The first-order chi connectivity index (χ1) is 6.29. The molecule has 1 heterocycles. The summed E-state index contributed by atoms with van der Waals surface area (Å²) in [6.45, 7) is 0. The molecule has 5 heteroatoms. The second-order valence-electron chi connectivity index (χ2n) is 3.03. The average molecular weight is 183 g/mol. The number of hydrogen-bond donors (Lipinski definition) is 1. The number of carbonyl (C=O) groups is 1. The van der Waals surface area contributed by atoms with Gasteiger partial charge in [-0.1, -0.05) is 12.8 Å². The minimum Gasteiger partial charge on any atom is -0.481 e.